The maximum atomic E-state index is 12.4. The maximum Gasteiger partial charge on any atom is 0.181 e. The highest BCUT2D eigenvalue weighted by Gasteiger charge is 2.31. The van der Waals surface area contributed by atoms with Crippen LogP contribution < -0.4 is 5.73 Å². The largest absolute Gasteiger partial charge is 0.328 e. The number of sulfone groups is 1. The minimum atomic E-state index is -3.23. The standard InChI is InChI=1S/C12H16BrNO2S/c13-9-3-1-5-11(7-9)17(15,16)12-6-2-4-10(14)8-12/h1,3,5,7,10,12H,2,4,6,8,14H2. The van der Waals surface area contributed by atoms with Crippen molar-refractivity contribution in [2.45, 2.75) is 41.9 Å². The van der Waals surface area contributed by atoms with Crippen molar-refractivity contribution in [1.82, 2.24) is 0 Å². The first kappa shape index (κ1) is 13.1. The number of benzene rings is 1. The molecule has 2 unspecified atom stereocenters. The molecule has 5 heteroatoms. The van der Waals surface area contributed by atoms with E-state index in [1.165, 1.54) is 0 Å². The van der Waals surface area contributed by atoms with E-state index in [-0.39, 0.29) is 11.3 Å². The fourth-order valence-electron chi connectivity index (χ4n) is 2.30. The van der Waals surface area contributed by atoms with Gasteiger partial charge in [0.25, 0.3) is 0 Å². The van der Waals surface area contributed by atoms with Crippen LogP contribution in [0.2, 0.25) is 0 Å². The van der Waals surface area contributed by atoms with Crippen LogP contribution in [0.3, 0.4) is 0 Å². The molecular weight excluding hydrogens is 302 g/mol. The van der Waals surface area contributed by atoms with Crippen LogP contribution in [0.25, 0.3) is 0 Å². The SMILES string of the molecule is NC1CCCC(S(=O)(=O)c2cccc(Br)c2)C1. The second kappa shape index (κ2) is 5.08. The van der Waals surface area contributed by atoms with Crippen LogP contribution in [0.5, 0.6) is 0 Å². The summed E-state index contributed by atoms with van der Waals surface area (Å²) in [6.45, 7) is 0. The van der Waals surface area contributed by atoms with Gasteiger partial charge < -0.3 is 5.73 Å². The van der Waals surface area contributed by atoms with E-state index in [4.69, 9.17) is 5.73 Å². The summed E-state index contributed by atoms with van der Waals surface area (Å²) in [4.78, 5) is 0.394. The molecular formula is C12H16BrNO2S. The number of halogens is 1. The molecule has 0 radical (unpaired) electrons. The molecule has 0 heterocycles. The van der Waals surface area contributed by atoms with E-state index in [1.807, 2.05) is 6.07 Å². The first-order valence-corrected chi connectivity index (χ1v) is 8.09. The first-order chi connectivity index (χ1) is 8.00. The Bertz CT molecular complexity index is 501. The first-order valence-electron chi connectivity index (χ1n) is 5.75. The number of nitrogens with two attached hydrogens (primary N) is 1. The molecule has 1 aliphatic carbocycles. The Balaban J connectivity index is 2.29. The van der Waals surface area contributed by atoms with Gasteiger partial charge in [-0.3, -0.25) is 0 Å². The molecule has 0 aliphatic heterocycles. The second-order valence-electron chi connectivity index (χ2n) is 4.55. The Morgan fingerprint density at radius 3 is 2.71 bits per heavy atom. The summed E-state index contributed by atoms with van der Waals surface area (Å²) in [5, 5.41) is -0.319. The van der Waals surface area contributed by atoms with Crippen LogP contribution in [-0.4, -0.2) is 19.7 Å². The molecule has 2 atom stereocenters. The van der Waals surface area contributed by atoms with Crippen molar-refractivity contribution < 1.29 is 8.42 Å². The summed E-state index contributed by atoms with van der Waals surface area (Å²) in [5.41, 5.74) is 5.86. The lowest BCUT2D eigenvalue weighted by molar-refractivity contribution is 0.433. The predicted octanol–water partition coefficient (Wildman–Crippen LogP) is 2.49. The van der Waals surface area contributed by atoms with Crippen molar-refractivity contribution >= 4 is 25.8 Å². The predicted molar refractivity (Wildman–Crippen MR) is 71.6 cm³/mol. The number of rotatable bonds is 2. The average Bonchev–Trinajstić information content (AvgIpc) is 2.29. The highest BCUT2D eigenvalue weighted by atomic mass is 79.9. The molecule has 2 rings (SSSR count). The Labute approximate surface area is 110 Å². The summed E-state index contributed by atoms with van der Waals surface area (Å²) in [5.74, 6) is 0. The van der Waals surface area contributed by atoms with Gasteiger partial charge in [0, 0.05) is 10.5 Å². The zero-order valence-electron chi connectivity index (χ0n) is 9.47. The molecule has 3 nitrogen and oxygen atoms in total. The number of hydrogen-bond acceptors (Lipinski definition) is 3. The second-order valence-corrected chi connectivity index (χ2v) is 7.69. The summed E-state index contributed by atoms with van der Waals surface area (Å²) in [7, 11) is -3.23. The summed E-state index contributed by atoms with van der Waals surface area (Å²) < 4.78 is 25.6. The molecule has 17 heavy (non-hydrogen) atoms. The summed E-state index contributed by atoms with van der Waals surface area (Å²) in [6.07, 6.45) is 3.14. The summed E-state index contributed by atoms with van der Waals surface area (Å²) >= 11 is 3.30. The van der Waals surface area contributed by atoms with E-state index in [0.29, 0.717) is 11.3 Å². The van der Waals surface area contributed by atoms with Gasteiger partial charge in [0.1, 0.15) is 0 Å². The topological polar surface area (TPSA) is 60.2 Å². The zero-order chi connectivity index (χ0) is 12.5. The third-order valence-electron chi connectivity index (χ3n) is 3.23. The highest BCUT2D eigenvalue weighted by molar-refractivity contribution is 9.10. The van der Waals surface area contributed by atoms with Crippen molar-refractivity contribution in [3.63, 3.8) is 0 Å². The quantitative estimate of drug-likeness (QED) is 0.911. The molecule has 0 aromatic heterocycles. The minimum absolute atomic E-state index is 0.0238. The van der Waals surface area contributed by atoms with E-state index >= 15 is 0 Å². The highest BCUT2D eigenvalue weighted by Crippen LogP contribution is 2.29. The smallest absolute Gasteiger partial charge is 0.181 e. The molecule has 1 aliphatic rings. The minimum Gasteiger partial charge on any atom is -0.328 e. The van der Waals surface area contributed by atoms with Gasteiger partial charge in [-0.2, -0.15) is 0 Å². The fraction of sp³-hybridized carbons (Fsp3) is 0.500. The van der Waals surface area contributed by atoms with Gasteiger partial charge in [0.15, 0.2) is 9.84 Å². The van der Waals surface area contributed by atoms with E-state index < -0.39 is 9.84 Å². The van der Waals surface area contributed by atoms with Crippen LogP contribution in [-0.2, 0) is 9.84 Å². The van der Waals surface area contributed by atoms with Crippen LogP contribution >= 0.6 is 15.9 Å². The van der Waals surface area contributed by atoms with Crippen molar-refractivity contribution in [1.29, 1.82) is 0 Å². The van der Waals surface area contributed by atoms with Crippen LogP contribution in [0.1, 0.15) is 25.7 Å². The maximum absolute atomic E-state index is 12.4. The lowest BCUT2D eigenvalue weighted by Crippen LogP contribution is -2.35. The van der Waals surface area contributed by atoms with E-state index in [9.17, 15) is 8.42 Å². The van der Waals surface area contributed by atoms with Gasteiger partial charge in [0.05, 0.1) is 10.1 Å². The van der Waals surface area contributed by atoms with Crippen molar-refractivity contribution in [3.05, 3.63) is 28.7 Å². The summed E-state index contributed by atoms with van der Waals surface area (Å²) in [6, 6.07) is 6.91. The van der Waals surface area contributed by atoms with E-state index in [0.717, 1.165) is 23.7 Å². The van der Waals surface area contributed by atoms with Crippen molar-refractivity contribution in [2.24, 2.45) is 5.73 Å². The lowest BCUT2D eigenvalue weighted by atomic mass is 9.96. The Kier molecular flexibility index (Phi) is 3.90. The lowest BCUT2D eigenvalue weighted by Gasteiger charge is -2.26. The average molecular weight is 318 g/mol. The molecule has 94 valence electrons. The molecule has 0 bridgehead atoms. The Morgan fingerprint density at radius 1 is 1.29 bits per heavy atom. The molecule has 1 aromatic carbocycles. The van der Waals surface area contributed by atoms with E-state index in [1.54, 1.807) is 18.2 Å². The van der Waals surface area contributed by atoms with Crippen LogP contribution in [0.15, 0.2) is 33.6 Å². The zero-order valence-corrected chi connectivity index (χ0v) is 11.9. The monoisotopic (exact) mass is 317 g/mol. The van der Waals surface area contributed by atoms with Crippen LogP contribution in [0.4, 0.5) is 0 Å². The van der Waals surface area contributed by atoms with Gasteiger partial charge in [-0.1, -0.05) is 28.4 Å². The van der Waals surface area contributed by atoms with Gasteiger partial charge in [-0.05, 0) is 37.5 Å². The third kappa shape index (κ3) is 2.89. The van der Waals surface area contributed by atoms with Crippen molar-refractivity contribution in [3.8, 4) is 0 Å². The Morgan fingerprint density at radius 2 is 2.06 bits per heavy atom. The van der Waals surface area contributed by atoms with E-state index in [2.05, 4.69) is 15.9 Å². The molecule has 1 aromatic rings. The molecule has 2 N–H and O–H groups in total. The van der Waals surface area contributed by atoms with Gasteiger partial charge in [0.2, 0.25) is 0 Å². The molecule has 0 amide bonds. The fourth-order valence-corrected chi connectivity index (χ4v) is 4.77. The molecule has 1 saturated carbocycles. The third-order valence-corrected chi connectivity index (χ3v) is 5.94. The molecule has 0 spiro atoms. The van der Waals surface area contributed by atoms with Crippen LogP contribution in [0, 0.1) is 0 Å². The van der Waals surface area contributed by atoms with Gasteiger partial charge in [-0.25, -0.2) is 8.42 Å². The molecule has 1 fully saturated rings. The molecule has 0 saturated heterocycles. The van der Waals surface area contributed by atoms with Crippen molar-refractivity contribution in [2.75, 3.05) is 0 Å². The number of hydrogen-bond donors (Lipinski definition) is 1. The van der Waals surface area contributed by atoms with Gasteiger partial charge >= 0.3 is 0 Å². The van der Waals surface area contributed by atoms with Gasteiger partial charge in [-0.15, -0.1) is 0 Å². The Hall–Kier alpha value is -0.390. The normalized spacial score (nSPS) is 25.8.